The molecule has 74 valence electrons. The third kappa shape index (κ3) is 4.04. The molecule has 0 aliphatic heterocycles. The maximum absolute atomic E-state index is 4.24. The van der Waals surface area contributed by atoms with E-state index in [0.29, 0.717) is 10.9 Å². The van der Waals surface area contributed by atoms with E-state index in [1.54, 1.807) is 0 Å². The van der Waals surface area contributed by atoms with Crippen molar-refractivity contribution in [3.05, 3.63) is 5.82 Å². The van der Waals surface area contributed by atoms with Crippen molar-refractivity contribution in [3.8, 4) is 0 Å². The van der Waals surface area contributed by atoms with Gasteiger partial charge in [-0.1, -0.05) is 22.9 Å². The van der Waals surface area contributed by atoms with E-state index in [1.807, 2.05) is 6.92 Å². The van der Waals surface area contributed by atoms with Crippen molar-refractivity contribution in [2.45, 2.75) is 38.1 Å². The number of nitrogens with zero attached hydrogens (tertiary/aromatic N) is 2. The summed E-state index contributed by atoms with van der Waals surface area (Å²) in [6.45, 7) is 6.19. The molecule has 1 aromatic rings. The molecule has 1 heterocycles. The van der Waals surface area contributed by atoms with Gasteiger partial charge in [0.1, 0.15) is 5.82 Å². The minimum atomic E-state index is 0.432. The van der Waals surface area contributed by atoms with Crippen LogP contribution >= 0.6 is 27.5 Å². The first-order valence-electron chi connectivity index (χ1n) is 4.29. The first-order valence-corrected chi connectivity index (χ1v) is 5.97. The van der Waals surface area contributed by atoms with E-state index in [-0.39, 0.29) is 0 Å². The number of hydrogen-bond acceptors (Lipinski definition) is 4. The molecule has 2 unspecified atom stereocenters. The Kier molecular flexibility index (Phi) is 4.12. The highest BCUT2D eigenvalue weighted by atomic mass is 79.9. The molecule has 0 aromatic carbocycles. The zero-order valence-electron chi connectivity index (χ0n) is 8.04. The van der Waals surface area contributed by atoms with E-state index >= 15 is 0 Å². The second kappa shape index (κ2) is 4.91. The summed E-state index contributed by atoms with van der Waals surface area (Å²) in [5.41, 5.74) is 0. The van der Waals surface area contributed by atoms with E-state index in [1.165, 1.54) is 11.5 Å². The Bertz CT molecular complexity index is 262. The standard InChI is InChI=1S/C8H14BrN3S/c1-5(9)4-6(2)10-8-11-7(3)12-13-8/h5-6H,4H2,1-3H3,(H,10,11,12). The molecule has 0 bridgehead atoms. The van der Waals surface area contributed by atoms with E-state index < -0.39 is 0 Å². The molecule has 0 fully saturated rings. The molecule has 1 aromatic heterocycles. The number of aromatic nitrogens is 2. The molecule has 13 heavy (non-hydrogen) atoms. The van der Waals surface area contributed by atoms with Crippen molar-refractivity contribution in [1.82, 2.24) is 9.36 Å². The van der Waals surface area contributed by atoms with Gasteiger partial charge in [0.25, 0.3) is 0 Å². The minimum Gasteiger partial charge on any atom is -0.358 e. The maximum Gasteiger partial charge on any atom is 0.202 e. The summed E-state index contributed by atoms with van der Waals surface area (Å²) in [7, 11) is 0. The molecule has 0 radical (unpaired) electrons. The summed E-state index contributed by atoms with van der Waals surface area (Å²) < 4.78 is 4.11. The Morgan fingerprint density at radius 2 is 2.23 bits per heavy atom. The fourth-order valence-corrected chi connectivity index (χ4v) is 2.36. The second-order valence-electron chi connectivity index (χ2n) is 3.21. The summed E-state index contributed by atoms with van der Waals surface area (Å²) >= 11 is 4.94. The van der Waals surface area contributed by atoms with E-state index in [0.717, 1.165) is 17.4 Å². The number of alkyl halides is 1. The fourth-order valence-electron chi connectivity index (χ4n) is 1.11. The molecule has 5 heteroatoms. The van der Waals surface area contributed by atoms with Gasteiger partial charge in [-0.15, -0.1) is 0 Å². The van der Waals surface area contributed by atoms with Crippen LogP contribution in [0.15, 0.2) is 0 Å². The van der Waals surface area contributed by atoms with E-state index in [4.69, 9.17) is 0 Å². The lowest BCUT2D eigenvalue weighted by Crippen LogP contribution is -2.18. The third-order valence-corrected chi connectivity index (χ3v) is 2.69. The molecule has 0 saturated carbocycles. The lowest BCUT2D eigenvalue weighted by Gasteiger charge is -2.13. The number of anilines is 1. The van der Waals surface area contributed by atoms with E-state index in [2.05, 4.69) is 44.5 Å². The number of aryl methyl sites for hydroxylation is 1. The van der Waals surface area contributed by atoms with Gasteiger partial charge in [0.15, 0.2) is 0 Å². The SMILES string of the molecule is Cc1nsc(NC(C)CC(C)Br)n1. The molecule has 0 aliphatic carbocycles. The van der Waals surface area contributed by atoms with Crippen molar-refractivity contribution >= 4 is 32.6 Å². The molecule has 3 nitrogen and oxygen atoms in total. The Hall–Kier alpha value is -0.160. The van der Waals surface area contributed by atoms with Crippen molar-refractivity contribution in [3.63, 3.8) is 0 Å². The highest BCUT2D eigenvalue weighted by molar-refractivity contribution is 9.09. The van der Waals surface area contributed by atoms with Crippen LogP contribution in [0.25, 0.3) is 0 Å². The monoisotopic (exact) mass is 263 g/mol. The van der Waals surface area contributed by atoms with Crippen LogP contribution in [0.2, 0.25) is 0 Å². The zero-order chi connectivity index (χ0) is 9.84. The van der Waals surface area contributed by atoms with Gasteiger partial charge >= 0.3 is 0 Å². The van der Waals surface area contributed by atoms with Gasteiger partial charge in [-0.05, 0) is 20.3 Å². The van der Waals surface area contributed by atoms with Crippen LogP contribution in [0.1, 0.15) is 26.1 Å². The van der Waals surface area contributed by atoms with Gasteiger partial charge in [-0.3, -0.25) is 0 Å². The summed E-state index contributed by atoms with van der Waals surface area (Å²) in [6, 6.07) is 0.432. The third-order valence-electron chi connectivity index (χ3n) is 1.58. The summed E-state index contributed by atoms with van der Waals surface area (Å²) in [5, 5.41) is 4.22. The van der Waals surface area contributed by atoms with Gasteiger partial charge in [0.05, 0.1) is 0 Å². The number of nitrogens with one attached hydrogen (secondary N) is 1. The molecule has 1 rings (SSSR count). The van der Waals surface area contributed by atoms with Crippen LogP contribution in [-0.4, -0.2) is 20.2 Å². The highest BCUT2D eigenvalue weighted by Gasteiger charge is 2.07. The Morgan fingerprint density at radius 3 is 2.69 bits per heavy atom. The first kappa shape index (κ1) is 10.9. The maximum atomic E-state index is 4.24. The predicted molar refractivity (Wildman–Crippen MR) is 60.7 cm³/mol. The largest absolute Gasteiger partial charge is 0.358 e. The van der Waals surface area contributed by atoms with Crippen molar-refractivity contribution in [1.29, 1.82) is 0 Å². The zero-order valence-corrected chi connectivity index (χ0v) is 10.4. The lowest BCUT2D eigenvalue weighted by atomic mass is 10.2. The van der Waals surface area contributed by atoms with Gasteiger partial charge in [0.2, 0.25) is 5.13 Å². The molecule has 0 saturated heterocycles. The molecule has 1 N–H and O–H groups in total. The molecule has 0 aliphatic rings. The van der Waals surface area contributed by atoms with Gasteiger partial charge in [-0.2, -0.15) is 4.37 Å². The Morgan fingerprint density at radius 1 is 1.54 bits per heavy atom. The average molecular weight is 264 g/mol. The summed E-state index contributed by atoms with van der Waals surface area (Å²) in [6.07, 6.45) is 1.08. The molecule has 0 spiro atoms. The van der Waals surface area contributed by atoms with Gasteiger partial charge in [0, 0.05) is 22.4 Å². The average Bonchev–Trinajstić information content (AvgIpc) is 2.33. The van der Waals surface area contributed by atoms with Crippen LogP contribution in [0.3, 0.4) is 0 Å². The van der Waals surface area contributed by atoms with Crippen LogP contribution in [-0.2, 0) is 0 Å². The Labute approximate surface area is 91.3 Å². The van der Waals surface area contributed by atoms with Crippen LogP contribution in [0.4, 0.5) is 5.13 Å². The van der Waals surface area contributed by atoms with Gasteiger partial charge in [-0.25, -0.2) is 4.98 Å². The van der Waals surface area contributed by atoms with Crippen LogP contribution < -0.4 is 5.32 Å². The smallest absolute Gasteiger partial charge is 0.202 e. The first-order chi connectivity index (χ1) is 6.08. The van der Waals surface area contributed by atoms with Crippen LogP contribution in [0, 0.1) is 6.92 Å². The lowest BCUT2D eigenvalue weighted by molar-refractivity contribution is 0.707. The van der Waals surface area contributed by atoms with Crippen molar-refractivity contribution in [2.24, 2.45) is 0 Å². The van der Waals surface area contributed by atoms with Crippen molar-refractivity contribution in [2.75, 3.05) is 5.32 Å². The minimum absolute atomic E-state index is 0.432. The van der Waals surface area contributed by atoms with Crippen LogP contribution in [0.5, 0.6) is 0 Å². The summed E-state index contributed by atoms with van der Waals surface area (Å²) in [4.78, 5) is 4.77. The molecular weight excluding hydrogens is 250 g/mol. The molecule has 2 atom stereocenters. The number of hydrogen-bond donors (Lipinski definition) is 1. The molecular formula is C8H14BrN3S. The second-order valence-corrected chi connectivity index (χ2v) is 5.52. The van der Waals surface area contributed by atoms with E-state index in [9.17, 15) is 0 Å². The normalized spacial score (nSPS) is 15.4. The highest BCUT2D eigenvalue weighted by Crippen LogP contribution is 2.15. The molecule has 0 amide bonds. The quantitative estimate of drug-likeness (QED) is 0.850. The van der Waals surface area contributed by atoms with Gasteiger partial charge < -0.3 is 5.32 Å². The van der Waals surface area contributed by atoms with Crippen molar-refractivity contribution < 1.29 is 0 Å². The summed E-state index contributed by atoms with van der Waals surface area (Å²) in [5.74, 6) is 0.839. The topological polar surface area (TPSA) is 37.8 Å². The Balaban J connectivity index is 2.40. The number of halogens is 1. The number of rotatable bonds is 4. The fraction of sp³-hybridized carbons (Fsp3) is 0.750. The predicted octanol–water partition coefficient (Wildman–Crippen LogP) is 2.82.